The van der Waals surface area contributed by atoms with Crippen molar-refractivity contribution in [2.75, 3.05) is 6.54 Å². The Morgan fingerprint density at radius 2 is 1.90 bits per heavy atom. The molecule has 1 unspecified atom stereocenters. The quantitative estimate of drug-likeness (QED) is 0.790. The van der Waals surface area contributed by atoms with Crippen LogP contribution in [0.4, 0.5) is 0 Å². The first kappa shape index (κ1) is 14.9. The van der Waals surface area contributed by atoms with Gasteiger partial charge in [-0.25, -0.2) is 0 Å². The van der Waals surface area contributed by atoms with E-state index in [9.17, 15) is 4.79 Å². The number of amides is 1. The standard InChI is InChI=1S/C13H19BClN3O3/c1-7-6-16-11(19)9-8(15)10(17-18(7)9)14-20-12(2,3)13(4,5)21-14/h7H,6H2,1-5H3,(H,16,19). The fourth-order valence-corrected chi connectivity index (χ4v) is 2.77. The Morgan fingerprint density at radius 3 is 2.43 bits per heavy atom. The van der Waals surface area contributed by atoms with Gasteiger partial charge in [0.1, 0.15) is 11.3 Å². The van der Waals surface area contributed by atoms with E-state index in [-0.39, 0.29) is 11.9 Å². The molecule has 2 aliphatic heterocycles. The molecule has 2 aliphatic rings. The lowest BCUT2D eigenvalue weighted by Crippen LogP contribution is -2.41. The highest BCUT2D eigenvalue weighted by Crippen LogP contribution is 2.37. The van der Waals surface area contributed by atoms with E-state index in [1.54, 1.807) is 4.68 Å². The number of hydrogen-bond donors (Lipinski definition) is 1. The largest absolute Gasteiger partial charge is 0.518 e. The molecule has 1 atom stereocenters. The third-order valence-corrected chi connectivity index (χ3v) is 4.92. The van der Waals surface area contributed by atoms with Gasteiger partial charge in [0.15, 0.2) is 0 Å². The Balaban J connectivity index is 2.02. The van der Waals surface area contributed by atoms with E-state index in [1.165, 1.54) is 0 Å². The van der Waals surface area contributed by atoms with Gasteiger partial charge in [0, 0.05) is 6.54 Å². The van der Waals surface area contributed by atoms with Crippen molar-refractivity contribution < 1.29 is 14.1 Å². The van der Waals surface area contributed by atoms with Gasteiger partial charge in [-0.15, -0.1) is 0 Å². The molecule has 0 bridgehead atoms. The van der Waals surface area contributed by atoms with E-state index in [0.717, 1.165) is 0 Å². The molecular formula is C13H19BClN3O3. The fourth-order valence-electron chi connectivity index (χ4n) is 2.47. The van der Waals surface area contributed by atoms with Crippen LogP contribution < -0.4 is 10.9 Å². The van der Waals surface area contributed by atoms with Crippen molar-refractivity contribution >= 4 is 30.2 Å². The van der Waals surface area contributed by atoms with Crippen molar-refractivity contribution in [1.29, 1.82) is 0 Å². The number of fused-ring (bicyclic) bond motifs is 1. The van der Waals surface area contributed by atoms with Crippen LogP contribution in [0.3, 0.4) is 0 Å². The maximum absolute atomic E-state index is 12.0. The van der Waals surface area contributed by atoms with E-state index < -0.39 is 18.3 Å². The molecule has 3 heterocycles. The second-order valence-electron chi connectivity index (χ2n) is 6.64. The molecule has 1 aromatic heterocycles. The van der Waals surface area contributed by atoms with Crippen LogP contribution in [0.1, 0.15) is 51.1 Å². The number of carbonyl (C=O) groups excluding carboxylic acids is 1. The molecule has 6 nitrogen and oxygen atoms in total. The lowest BCUT2D eigenvalue weighted by atomic mass is 9.84. The minimum absolute atomic E-state index is 0.0476. The average Bonchev–Trinajstić information content (AvgIpc) is 2.81. The van der Waals surface area contributed by atoms with E-state index in [4.69, 9.17) is 20.9 Å². The topological polar surface area (TPSA) is 65.4 Å². The summed E-state index contributed by atoms with van der Waals surface area (Å²) in [5, 5.41) is 7.57. The van der Waals surface area contributed by atoms with Crippen LogP contribution in [0.15, 0.2) is 0 Å². The van der Waals surface area contributed by atoms with Crippen LogP contribution in [-0.2, 0) is 9.31 Å². The zero-order valence-electron chi connectivity index (χ0n) is 12.9. The molecule has 114 valence electrons. The Bertz CT molecular complexity index is 598. The lowest BCUT2D eigenvalue weighted by Gasteiger charge is -2.32. The van der Waals surface area contributed by atoms with Gasteiger partial charge >= 0.3 is 7.12 Å². The highest BCUT2D eigenvalue weighted by atomic mass is 35.5. The maximum Gasteiger partial charge on any atom is 0.518 e. The Hall–Kier alpha value is -1.05. The van der Waals surface area contributed by atoms with Gasteiger partial charge in [0.25, 0.3) is 5.91 Å². The van der Waals surface area contributed by atoms with Gasteiger partial charge in [-0.3, -0.25) is 9.48 Å². The number of aromatic nitrogens is 2. The normalized spacial score (nSPS) is 26.7. The summed E-state index contributed by atoms with van der Waals surface area (Å²) < 4.78 is 13.6. The minimum Gasteiger partial charge on any atom is -0.398 e. The molecule has 1 fully saturated rings. The van der Waals surface area contributed by atoms with Gasteiger partial charge in [-0.05, 0) is 34.6 Å². The second kappa shape index (κ2) is 4.47. The van der Waals surface area contributed by atoms with Crippen molar-refractivity contribution in [3.05, 3.63) is 10.7 Å². The molecule has 1 aromatic rings. The number of hydrogen-bond acceptors (Lipinski definition) is 4. The summed E-state index contributed by atoms with van der Waals surface area (Å²) >= 11 is 6.36. The van der Waals surface area contributed by atoms with Gasteiger partial charge in [-0.1, -0.05) is 11.6 Å². The van der Waals surface area contributed by atoms with Gasteiger partial charge in [-0.2, -0.15) is 5.10 Å². The summed E-state index contributed by atoms with van der Waals surface area (Å²) in [5.74, 6) is -0.214. The van der Waals surface area contributed by atoms with Gasteiger partial charge in [0.05, 0.1) is 22.3 Å². The van der Waals surface area contributed by atoms with Crippen LogP contribution in [0.2, 0.25) is 5.02 Å². The first-order valence-electron chi connectivity index (χ1n) is 7.06. The molecule has 0 spiro atoms. The molecule has 1 amide bonds. The number of nitrogens with one attached hydrogen (secondary N) is 1. The average molecular weight is 312 g/mol. The molecule has 0 saturated carbocycles. The SMILES string of the molecule is CC1CNC(=O)c2c(Cl)c(B3OC(C)(C)C(C)(C)O3)nn21. The number of halogens is 1. The number of carbonyl (C=O) groups is 1. The summed E-state index contributed by atoms with van der Waals surface area (Å²) in [6.45, 7) is 10.4. The molecule has 1 saturated heterocycles. The molecule has 1 N–H and O–H groups in total. The Kier molecular flexibility index (Phi) is 3.17. The summed E-state index contributed by atoms with van der Waals surface area (Å²) in [6, 6.07) is 0.0476. The molecule has 21 heavy (non-hydrogen) atoms. The first-order chi connectivity index (χ1) is 9.64. The maximum atomic E-state index is 12.0. The summed E-state index contributed by atoms with van der Waals surface area (Å²) in [6.07, 6.45) is 0. The third kappa shape index (κ3) is 2.10. The number of rotatable bonds is 1. The lowest BCUT2D eigenvalue weighted by molar-refractivity contribution is 0.00578. The minimum atomic E-state index is -0.666. The van der Waals surface area contributed by atoms with Crippen LogP contribution in [-0.4, -0.2) is 40.6 Å². The molecule has 0 aliphatic carbocycles. The van der Waals surface area contributed by atoms with E-state index in [1.807, 2.05) is 34.6 Å². The highest BCUT2D eigenvalue weighted by Gasteiger charge is 2.54. The predicted molar refractivity (Wildman–Crippen MR) is 80.0 cm³/mol. The fraction of sp³-hybridized carbons (Fsp3) is 0.692. The third-order valence-electron chi connectivity index (χ3n) is 4.54. The molecule has 0 radical (unpaired) electrons. The Morgan fingerprint density at radius 1 is 1.33 bits per heavy atom. The van der Waals surface area contributed by atoms with Crippen LogP contribution in [0.25, 0.3) is 0 Å². The van der Waals surface area contributed by atoms with Gasteiger partial charge < -0.3 is 14.6 Å². The second-order valence-corrected chi connectivity index (χ2v) is 7.02. The first-order valence-corrected chi connectivity index (χ1v) is 7.43. The van der Waals surface area contributed by atoms with Crippen molar-refractivity contribution in [3.63, 3.8) is 0 Å². The molecule has 3 rings (SSSR count). The summed E-state index contributed by atoms with van der Waals surface area (Å²) in [7, 11) is -0.666. The van der Waals surface area contributed by atoms with Gasteiger partial charge in [0.2, 0.25) is 0 Å². The van der Waals surface area contributed by atoms with E-state index in [2.05, 4.69) is 10.4 Å². The van der Waals surface area contributed by atoms with Crippen molar-refractivity contribution in [2.24, 2.45) is 0 Å². The van der Waals surface area contributed by atoms with Crippen molar-refractivity contribution in [1.82, 2.24) is 15.1 Å². The Labute approximate surface area is 129 Å². The summed E-state index contributed by atoms with van der Waals surface area (Å²) in [5.41, 5.74) is -0.104. The van der Waals surface area contributed by atoms with Crippen LogP contribution in [0, 0.1) is 0 Å². The number of nitrogens with zero attached hydrogens (tertiary/aromatic N) is 2. The highest BCUT2D eigenvalue weighted by molar-refractivity contribution is 6.65. The monoisotopic (exact) mass is 311 g/mol. The zero-order chi connectivity index (χ0) is 15.6. The van der Waals surface area contributed by atoms with E-state index in [0.29, 0.717) is 22.9 Å². The molecule has 0 aromatic carbocycles. The van der Waals surface area contributed by atoms with Crippen LogP contribution in [0.5, 0.6) is 0 Å². The van der Waals surface area contributed by atoms with Crippen LogP contribution >= 0.6 is 11.6 Å². The molecule has 8 heteroatoms. The van der Waals surface area contributed by atoms with E-state index >= 15 is 0 Å². The summed E-state index contributed by atoms with van der Waals surface area (Å²) in [4.78, 5) is 12.0. The zero-order valence-corrected chi connectivity index (χ0v) is 13.6. The van der Waals surface area contributed by atoms with Crippen molar-refractivity contribution in [3.8, 4) is 0 Å². The van der Waals surface area contributed by atoms with Crippen molar-refractivity contribution in [2.45, 2.75) is 51.9 Å². The molecular weight excluding hydrogens is 292 g/mol. The predicted octanol–water partition coefficient (Wildman–Crippen LogP) is 1.14. The smallest absolute Gasteiger partial charge is 0.398 e.